The minimum atomic E-state index is -3.90. The Morgan fingerprint density at radius 1 is 1.13 bits per heavy atom. The van der Waals surface area contributed by atoms with Gasteiger partial charge in [0, 0.05) is 16.2 Å². The van der Waals surface area contributed by atoms with Crippen LogP contribution >= 0.6 is 15.9 Å². The van der Waals surface area contributed by atoms with E-state index in [0.29, 0.717) is 5.69 Å². The van der Waals surface area contributed by atoms with Gasteiger partial charge in [-0.3, -0.25) is 4.79 Å². The van der Waals surface area contributed by atoms with Gasteiger partial charge in [-0.2, -0.15) is 0 Å². The second-order valence-electron chi connectivity index (χ2n) is 6.73. The normalized spacial score (nSPS) is 11.3. The molecule has 0 aliphatic rings. The summed E-state index contributed by atoms with van der Waals surface area (Å²) in [4.78, 5) is 24.2. The number of nitrogens with one attached hydrogen (secondary N) is 2. The van der Waals surface area contributed by atoms with Crippen LogP contribution in [0.2, 0.25) is 0 Å². The van der Waals surface area contributed by atoms with Crippen molar-refractivity contribution in [1.82, 2.24) is 4.72 Å². The predicted octanol–water partition coefficient (Wildman–Crippen LogP) is 3.25. The molecule has 2 aromatic carbocycles. The molecule has 0 heterocycles. The van der Waals surface area contributed by atoms with Crippen LogP contribution < -0.4 is 14.8 Å². The average Bonchev–Trinajstić information content (AvgIpc) is 2.67. The highest BCUT2D eigenvalue weighted by Gasteiger charge is 2.23. The number of carbonyl (C=O) groups excluding carboxylic acids is 2. The Hall–Kier alpha value is -2.43. The lowest BCUT2D eigenvalue weighted by molar-refractivity contribution is -0.119. The number of anilines is 1. The van der Waals surface area contributed by atoms with Crippen LogP contribution in [0.1, 0.15) is 29.8 Å². The van der Waals surface area contributed by atoms with Crippen LogP contribution in [0.15, 0.2) is 45.8 Å². The minimum absolute atomic E-state index is 0.0211. The summed E-state index contributed by atoms with van der Waals surface area (Å²) in [6, 6.07) is 8.80. The van der Waals surface area contributed by atoms with Crippen molar-refractivity contribution in [3.63, 3.8) is 0 Å². The van der Waals surface area contributed by atoms with Gasteiger partial charge in [0.25, 0.3) is 5.91 Å². The Morgan fingerprint density at radius 3 is 2.43 bits per heavy atom. The lowest BCUT2D eigenvalue weighted by atomic mass is 10.2. The van der Waals surface area contributed by atoms with E-state index in [1.807, 2.05) is 6.92 Å². The Kier molecular flexibility index (Phi) is 7.99. The maximum absolute atomic E-state index is 12.5. The maximum atomic E-state index is 12.5. The quantitative estimate of drug-likeness (QED) is 0.540. The van der Waals surface area contributed by atoms with Crippen LogP contribution in [-0.4, -0.2) is 40.1 Å². The molecule has 0 bridgehead atoms. The first-order valence-corrected chi connectivity index (χ1v) is 11.2. The zero-order valence-corrected chi connectivity index (χ0v) is 19.4. The molecule has 2 N–H and O–H groups in total. The monoisotopic (exact) mass is 498 g/mol. The minimum Gasteiger partial charge on any atom is -0.495 e. The zero-order chi connectivity index (χ0) is 22.5. The van der Waals surface area contributed by atoms with Crippen molar-refractivity contribution in [2.24, 2.45) is 0 Å². The molecule has 0 spiro atoms. The SMILES string of the molecule is COc1ccc(C(=O)OCC(=O)Nc2ccc(Br)c(C)c2)cc1S(=O)(=O)NC(C)C. The number of ether oxygens (including phenoxy) is 2. The van der Waals surface area contributed by atoms with E-state index in [2.05, 4.69) is 26.0 Å². The average molecular weight is 499 g/mol. The van der Waals surface area contributed by atoms with Crippen molar-refractivity contribution in [2.75, 3.05) is 19.0 Å². The highest BCUT2D eigenvalue weighted by molar-refractivity contribution is 9.10. The van der Waals surface area contributed by atoms with Gasteiger partial charge < -0.3 is 14.8 Å². The van der Waals surface area contributed by atoms with Gasteiger partial charge in [-0.05, 0) is 62.7 Å². The summed E-state index contributed by atoms with van der Waals surface area (Å²) in [6.07, 6.45) is 0. The summed E-state index contributed by atoms with van der Waals surface area (Å²) >= 11 is 3.38. The van der Waals surface area contributed by atoms with E-state index in [1.54, 1.807) is 32.0 Å². The largest absolute Gasteiger partial charge is 0.495 e. The molecule has 8 nitrogen and oxygen atoms in total. The first kappa shape index (κ1) is 23.8. The lowest BCUT2D eigenvalue weighted by Gasteiger charge is -2.14. The molecule has 30 heavy (non-hydrogen) atoms. The molecule has 0 radical (unpaired) electrons. The number of esters is 1. The molecule has 0 saturated carbocycles. The molecule has 2 aromatic rings. The number of methoxy groups -OCH3 is 1. The summed E-state index contributed by atoms with van der Waals surface area (Å²) in [7, 11) is -2.57. The van der Waals surface area contributed by atoms with E-state index in [-0.39, 0.29) is 22.3 Å². The zero-order valence-electron chi connectivity index (χ0n) is 17.0. The second kappa shape index (κ2) is 10.1. The van der Waals surface area contributed by atoms with Crippen molar-refractivity contribution < 1.29 is 27.5 Å². The number of hydrogen-bond donors (Lipinski definition) is 2. The summed E-state index contributed by atoms with van der Waals surface area (Å²) in [5, 5.41) is 2.63. The molecule has 0 aliphatic heterocycles. The Morgan fingerprint density at radius 2 is 1.83 bits per heavy atom. The third-order valence-electron chi connectivity index (χ3n) is 3.86. The fourth-order valence-corrected chi connectivity index (χ4v) is 4.21. The highest BCUT2D eigenvalue weighted by Crippen LogP contribution is 2.25. The number of sulfonamides is 1. The summed E-state index contributed by atoms with van der Waals surface area (Å²) < 4.78 is 38.5. The van der Waals surface area contributed by atoms with E-state index < -0.39 is 28.5 Å². The van der Waals surface area contributed by atoms with Gasteiger partial charge in [0.1, 0.15) is 10.6 Å². The smallest absolute Gasteiger partial charge is 0.338 e. The Labute approximate surface area is 184 Å². The Balaban J connectivity index is 2.10. The van der Waals surface area contributed by atoms with E-state index in [4.69, 9.17) is 9.47 Å². The van der Waals surface area contributed by atoms with E-state index >= 15 is 0 Å². The predicted molar refractivity (Wildman–Crippen MR) is 116 cm³/mol. The number of halogens is 1. The third kappa shape index (κ3) is 6.28. The molecular weight excluding hydrogens is 476 g/mol. The number of aryl methyl sites for hydroxylation is 1. The van der Waals surface area contributed by atoms with E-state index in [1.165, 1.54) is 19.2 Å². The third-order valence-corrected chi connectivity index (χ3v) is 6.43. The van der Waals surface area contributed by atoms with Crippen LogP contribution in [0, 0.1) is 6.92 Å². The van der Waals surface area contributed by atoms with Gasteiger partial charge in [-0.25, -0.2) is 17.9 Å². The van der Waals surface area contributed by atoms with Crippen LogP contribution in [0.4, 0.5) is 5.69 Å². The molecule has 0 aliphatic carbocycles. The fraction of sp³-hybridized carbons (Fsp3) is 0.300. The number of benzene rings is 2. The first-order chi connectivity index (χ1) is 14.0. The lowest BCUT2D eigenvalue weighted by Crippen LogP contribution is -2.30. The number of carbonyl (C=O) groups is 2. The standard InChI is InChI=1S/C20H23BrN2O6S/c1-12(2)23-30(26,27)18-10-14(5-8-17(18)28-4)20(25)29-11-19(24)22-15-6-7-16(21)13(3)9-15/h5-10,12,23H,11H2,1-4H3,(H,22,24). The topological polar surface area (TPSA) is 111 Å². The van der Waals surface area contributed by atoms with Gasteiger partial charge in [0.05, 0.1) is 12.7 Å². The summed E-state index contributed by atoms with van der Waals surface area (Å²) in [5.74, 6) is -1.27. The molecule has 0 fully saturated rings. The van der Waals surface area contributed by atoms with Gasteiger partial charge in [0.2, 0.25) is 10.0 Å². The molecule has 162 valence electrons. The van der Waals surface area contributed by atoms with Crippen molar-refractivity contribution in [3.8, 4) is 5.75 Å². The first-order valence-electron chi connectivity index (χ1n) is 8.97. The highest BCUT2D eigenvalue weighted by atomic mass is 79.9. The van der Waals surface area contributed by atoms with Crippen molar-refractivity contribution in [2.45, 2.75) is 31.7 Å². The van der Waals surface area contributed by atoms with Gasteiger partial charge in [0.15, 0.2) is 6.61 Å². The summed E-state index contributed by atoms with van der Waals surface area (Å²) in [6.45, 7) is 4.71. The molecule has 2 rings (SSSR count). The van der Waals surface area contributed by atoms with Crippen LogP contribution in [-0.2, 0) is 19.6 Å². The van der Waals surface area contributed by atoms with Gasteiger partial charge in [-0.15, -0.1) is 0 Å². The van der Waals surface area contributed by atoms with Crippen LogP contribution in [0.25, 0.3) is 0 Å². The molecule has 0 saturated heterocycles. The van der Waals surface area contributed by atoms with Crippen molar-refractivity contribution in [3.05, 3.63) is 52.0 Å². The molecule has 1 amide bonds. The fourth-order valence-electron chi connectivity index (χ4n) is 2.52. The number of rotatable bonds is 8. The Bertz CT molecular complexity index is 1050. The van der Waals surface area contributed by atoms with E-state index in [0.717, 1.165) is 16.1 Å². The molecule has 10 heteroatoms. The van der Waals surface area contributed by atoms with Crippen molar-refractivity contribution >= 4 is 43.5 Å². The summed E-state index contributed by atoms with van der Waals surface area (Å²) in [5.41, 5.74) is 1.48. The number of amides is 1. The van der Waals surface area contributed by atoms with E-state index in [9.17, 15) is 18.0 Å². The molecular formula is C20H23BrN2O6S. The maximum Gasteiger partial charge on any atom is 0.338 e. The molecule has 0 unspecified atom stereocenters. The van der Waals surface area contributed by atoms with Crippen LogP contribution in [0.5, 0.6) is 5.75 Å². The van der Waals surface area contributed by atoms with Gasteiger partial charge in [-0.1, -0.05) is 15.9 Å². The van der Waals surface area contributed by atoms with Gasteiger partial charge >= 0.3 is 5.97 Å². The second-order valence-corrected chi connectivity index (χ2v) is 9.27. The molecule has 0 atom stereocenters. The van der Waals surface area contributed by atoms with Crippen LogP contribution in [0.3, 0.4) is 0 Å². The van der Waals surface area contributed by atoms with Crippen molar-refractivity contribution in [1.29, 1.82) is 0 Å². The number of hydrogen-bond acceptors (Lipinski definition) is 6. The molecule has 0 aromatic heterocycles.